The molecule has 1 amide bonds. The van der Waals surface area contributed by atoms with Crippen molar-refractivity contribution in [3.8, 4) is 5.75 Å². The summed E-state index contributed by atoms with van der Waals surface area (Å²) in [5.74, 6) is 1.81. The number of rotatable bonds is 6. The van der Waals surface area contributed by atoms with Gasteiger partial charge in [0.2, 0.25) is 5.91 Å². The standard InChI is InChI=1S/C23H21N3O3/c1-26-13-12-24-23(26)22(17-7-5-8-18(15-17)28-2)25-21(27)11-10-19-14-16-6-3-4-9-20(16)29-19/h3-15,22H,1-2H3,(H,25,27)/b11-10+. The summed E-state index contributed by atoms with van der Waals surface area (Å²) in [7, 11) is 3.51. The fraction of sp³-hybridized carbons (Fsp3) is 0.130. The number of ether oxygens (including phenoxy) is 1. The molecule has 0 aliphatic rings. The fourth-order valence-corrected chi connectivity index (χ4v) is 3.21. The van der Waals surface area contributed by atoms with Crippen LogP contribution < -0.4 is 10.1 Å². The van der Waals surface area contributed by atoms with Crippen LogP contribution in [0, 0.1) is 0 Å². The first-order chi connectivity index (χ1) is 14.1. The first-order valence-electron chi connectivity index (χ1n) is 9.22. The molecule has 0 saturated carbocycles. The van der Waals surface area contributed by atoms with Gasteiger partial charge in [-0.1, -0.05) is 30.3 Å². The normalized spacial score (nSPS) is 12.3. The molecule has 0 aliphatic heterocycles. The fourth-order valence-electron chi connectivity index (χ4n) is 3.21. The van der Waals surface area contributed by atoms with Crippen LogP contribution in [0.1, 0.15) is 23.2 Å². The monoisotopic (exact) mass is 387 g/mol. The van der Waals surface area contributed by atoms with Gasteiger partial charge in [-0.25, -0.2) is 4.98 Å². The summed E-state index contributed by atoms with van der Waals surface area (Å²) in [5, 5.41) is 4.02. The number of aromatic nitrogens is 2. The van der Waals surface area contributed by atoms with E-state index in [0.29, 0.717) is 11.5 Å². The Morgan fingerprint density at radius 3 is 2.83 bits per heavy atom. The van der Waals surface area contributed by atoms with E-state index < -0.39 is 6.04 Å². The molecule has 0 saturated heterocycles. The van der Waals surface area contributed by atoms with Crippen LogP contribution in [-0.2, 0) is 11.8 Å². The number of carbonyl (C=O) groups is 1. The Hall–Kier alpha value is -3.80. The lowest BCUT2D eigenvalue weighted by molar-refractivity contribution is -0.117. The van der Waals surface area contributed by atoms with Crippen molar-refractivity contribution >= 4 is 23.0 Å². The maximum Gasteiger partial charge on any atom is 0.244 e. The van der Waals surface area contributed by atoms with Gasteiger partial charge >= 0.3 is 0 Å². The van der Waals surface area contributed by atoms with Crippen LogP contribution in [0.4, 0.5) is 0 Å². The van der Waals surface area contributed by atoms with Gasteiger partial charge in [0.25, 0.3) is 0 Å². The number of hydrogen-bond acceptors (Lipinski definition) is 4. The Balaban J connectivity index is 1.58. The quantitative estimate of drug-likeness (QED) is 0.506. The zero-order valence-electron chi connectivity index (χ0n) is 16.2. The lowest BCUT2D eigenvalue weighted by atomic mass is 10.1. The summed E-state index contributed by atoms with van der Waals surface area (Å²) in [5.41, 5.74) is 1.67. The third-order valence-electron chi connectivity index (χ3n) is 4.67. The van der Waals surface area contributed by atoms with E-state index in [2.05, 4.69) is 10.3 Å². The topological polar surface area (TPSA) is 69.3 Å². The number of methoxy groups -OCH3 is 1. The average Bonchev–Trinajstić information content (AvgIpc) is 3.36. The van der Waals surface area contributed by atoms with Crippen molar-refractivity contribution in [3.05, 3.63) is 90.2 Å². The summed E-state index contributed by atoms with van der Waals surface area (Å²) in [6, 6.07) is 16.8. The van der Waals surface area contributed by atoms with E-state index in [9.17, 15) is 4.79 Å². The van der Waals surface area contributed by atoms with E-state index in [0.717, 1.165) is 22.4 Å². The van der Waals surface area contributed by atoms with Crippen molar-refractivity contribution in [3.63, 3.8) is 0 Å². The molecule has 6 nitrogen and oxygen atoms in total. The van der Waals surface area contributed by atoms with Gasteiger partial charge in [0.15, 0.2) is 0 Å². The minimum atomic E-state index is -0.419. The molecule has 0 aliphatic carbocycles. The molecule has 0 fully saturated rings. The van der Waals surface area contributed by atoms with Crippen LogP contribution in [0.15, 0.2) is 77.5 Å². The second kappa shape index (κ2) is 8.06. The molecule has 4 aromatic rings. The van der Waals surface area contributed by atoms with Gasteiger partial charge in [0.05, 0.1) is 7.11 Å². The summed E-state index contributed by atoms with van der Waals surface area (Å²) in [6.45, 7) is 0. The molecule has 2 heterocycles. The van der Waals surface area contributed by atoms with E-state index in [4.69, 9.17) is 9.15 Å². The van der Waals surface area contributed by atoms with Crippen LogP contribution in [-0.4, -0.2) is 22.6 Å². The minimum Gasteiger partial charge on any atom is -0.497 e. The molecule has 29 heavy (non-hydrogen) atoms. The molecule has 0 spiro atoms. The first kappa shape index (κ1) is 18.6. The molecule has 2 aromatic carbocycles. The Labute approximate surface area is 168 Å². The smallest absolute Gasteiger partial charge is 0.244 e. The Morgan fingerprint density at radius 1 is 1.21 bits per heavy atom. The van der Waals surface area contributed by atoms with E-state index in [1.54, 1.807) is 19.4 Å². The van der Waals surface area contributed by atoms with Crippen molar-refractivity contribution in [2.24, 2.45) is 7.05 Å². The molecule has 1 N–H and O–H groups in total. The first-order valence-corrected chi connectivity index (χ1v) is 9.22. The molecular formula is C23H21N3O3. The van der Waals surface area contributed by atoms with Crippen molar-refractivity contribution in [2.45, 2.75) is 6.04 Å². The SMILES string of the molecule is COc1cccc(C(NC(=O)/C=C/c2cc3ccccc3o2)c2nccn2C)c1. The highest BCUT2D eigenvalue weighted by atomic mass is 16.5. The number of para-hydroxylation sites is 1. The number of nitrogens with one attached hydrogen (secondary N) is 1. The number of fused-ring (bicyclic) bond motifs is 1. The van der Waals surface area contributed by atoms with Crippen LogP contribution in [0.5, 0.6) is 5.75 Å². The number of nitrogens with zero attached hydrogens (tertiary/aromatic N) is 2. The minimum absolute atomic E-state index is 0.249. The van der Waals surface area contributed by atoms with Gasteiger partial charge in [0.1, 0.15) is 29.0 Å². The van der Waals surface area contributed by atoms with Crippen LogP contribution >= 0.6 is 0 Å². The van der Waals surface area contributed by atoms with Crippen molar-refractivity contribution in [1.29, 1.82) is 0 Å². The van der Waals surface area contributed by atoms with Gasteiger partial charge in [-0.05, 0) is 35.9 Å². The van der Waals surface area contributed by atoms with E-state index in [1.165, 1.54) is 6.08 Å². The van der Waals surface area contributed by atoms with Gasteiger partial charge in [-0.3, -0.25) is 4.79 Å². The number of benzene rings is 2. The zero-order valence-corrected chi connectivity index (χ0v) is 16.2. The highest BCUT2D eigenvalue weighted by Crippen LogP contribution is 2.24. The van der Waals surface area contributed by atoms with Crippen LogP contribution in [0.25, 0.3) is 17.0 Å². The highest BCUT2D eigenvalue weighted by molar-refractivity contribution is 5.92. The summed E-state index contributed by atoms with van der Waals surface area (Å²) >= 11 is 0. The largest absolute Gasteiger partial charge is 0.497 e. The van der Waals surface area contributed by atoms with E-state index in [1.807, 2.05) is 72.4 Å². The molecule has 2 aromatic heterocycles. The predicted octanol–water partition coefficient (Wildman–Crippen LogP) is 4.09. The molecule has 1 atom stereocenters. The Kier molecular flexibility index (Phi) is 5.16. The number of aryl methyl sites for hydroxylation is 1. The second-order valence-corrected chi connectivity index (χ2v) is 6.63. The third-order valence-corrected chi connectivity index (χ3v) is 4.67. The van der Waals surface area contributed by atoms with Crippen molar-refractivity contribution in [1.82, 2.24) is 14.9 Å². The number of carbonyl (C=O) groups excluding carboxylic acids is 1. The summed E-state index contributed by atoms with van der Waals surface area (Å²) < 4.78 is 12.9. The predicted molar refractivity (Wildman–Crippen MR) is 111 cm³/mol. The number of hydrogen-bond donors (Lipinski definition) is 1. The molecule has 1 unspecified atom stereocenters. The maximum absolute atomic E-state index is 12.7. The lowest BCUT2D eigenvalue weighted by Gasteiger charge is -2.19. The second-order valence-electron chi connectivity index (χ2n) is 6.63. The van der Waals surface area contributed by atoms with Gasteiger partial charge in [-0.2, -0.15) is 0 Å². The summed E-state index contributed by atoms with van der Waals surface area (Å²) in [4.78, 5) is 17.1. The zero-order chi connectivity index (χ0) is 20.2. The Morgan fingerprint density at radius 2 is 2.07 bits per heavy atom. The number of amides is 1. The van der Waals surface area contributed by atoms with E-state index >= 15 is 0 Å². The third kappa shape index (κ3) is 4.06. The van der Waals surface area contributed by atoms with E-state index in [-0.39, 0.29) is 5.91 Å². The number of furan rings is 1. The van der Waals surface area contributed by atoms with Gasteiger partial charge in [0, 0.05) is 30.9 Å². The van der Waals surface area contributed by atoms with Gasteiger partial charge < -0.3 is 19.0 Å². The average molecular weight is 387 g/mol. The van der Waals surface area contributed by atoms with Crippen LogP contribution in [0.2, 0.25) is 0 Å². The molecular weight excluding hydrogens is 366 g/mol. The molecule has 146 valence electrons. The maximum atomic E-state index is 12.7. The molecule has 6 heteroatoms. The van der Waals surface area contributed by atoms with Crippen molar-refractivity contribution in [2.75, 3.05) is 7.11 Å². The van der Waals surface area contributed by atoms with Crippen LogP contribution in [0.3, 0.4) is 0 Å². The number of imidazole rings is 1. The Bertz CT molecular complexity index is 1140. The lowest BCUT2D eigenvalue weighted by Crippen LogP contribution is -2.29. The van der Waals surface area contributed by atoms with Gasteiger partial charge in [-0.15, -0.1) is 0 Å². The molecule has 0 radical (unpaired) electrons. The molecule has 4 rings (SSSR count). The molecule has 0 bridgehead atoms. The van der Waals surface area contributed by atoms with Crippen molar-refractivity contribution < 1.29 is 13.9 Å². The summed E-state index contributed by atoms with van der Waals surface area (Å²) in [6.07, 6.45) is 6.68. The highest BCUT2D eigenvalue weighted by Gasteiger charge is 2.20.